The second-order valence-electron chi connectivity index (χ2n) is 3.45. The predicted octanol–water partition coefficient (Wildman–Crippen LogP) is 4.28. The summed E-state index contributed by atoms with van der Waals surface area (Å²) >= 11 is 2.94. The lowest BCUT2D eigenvalue weighted by Crippen LogP contribution is -2.05. The van der Waals surface area contributed by atoms with Gasteiger partial charge in [0.2, 0.25) is 0 Å². The standard InChI is InChI=1S/C11H4BrF5N2/c12-4-1-7(15)11(18-3-4)19-10-8(16)5(13)2-6(14)9(10)17/h1-3H,(H,18,19). The summed E-state index contributed by atoms with van der Waals surface area (Å²) in [5.74, 6) is -8.03. The Balaban J connectivity index is 2.49. The zero-order valence-electron chi connectivity index (χ0n) is 8.95. The monoisotopic (exact) mass is 338 g/mol. The molecule has 8 heteroatoms. The van der Waals surface area contributed by atoms with E-state index < -0.39 is 40.6 Å². The number of halogens is 6. The molecule has 0 aliphatic heterocycles. The molecule has 0 spiro atoms. The van der Waals surface area contributed by atoms with Gasteiger partial charge in [0.15, 0.2) is 34.9 Å². The molecule has 2 nitrogen and oxygen atoms in total. The number of rotatable bonds is 2. The van der Waals surface area contributed by atoms with E-state index in [0.29, 0.717) is 4.47 Å². The normalized spacial score (nSPS) is 10.6. The maximum absolute atomic E-state index is 13.4. The van der Waals surface area contributed by atoms with Crippen LogP contribution in [0.3, 0.4) is 0 Å². The first kappa shape index (κ1) is 13.7. The van der Waals surface area contributed by atoms with E-state index in [-0.39, 0.29) is 6.07 Å². The third-order valence-electron chi connectivity index (χ3n) is 2.16. The molecule has 0 bridgehead atoms. The Morgan fingerprint density at radius 3 is 2.00 bits per heavy atom. The lowest BCUT2D eigenvalue weighted by molar-refractivity contribution is 0.459. The highest BCUT2D eigenvalue weighted by Crippen LogP contribution is 2.28. The number of pyridine rings is 1. The first-order valence-corrected chi connectivity index (χ1v) is 5.60. The second kappa shape index (κ2) is 5.12. The van der Waals surface area contributed by atoms with Gasteiger partial charge >= 0.3 is 0 Å². The SMILES string of the molecule is Fc1cc(Br)cnc1Nc1c(F)c(F)cc(F)c1F. The number of hydrogen-bond acceptors (Lipinski definition) is 2. The van der Waals surface area contributed by atoms with Crippen molar-refractivity contribution in [1.82, 2.24) is 4.98 Å². The number of anilines is 2. The summed E-state index contributed by atoms with van der Waals surface area (Å²) < 4.78 is 66.3. The van der Waals surface area contributed by atoms with E-state index in [2.05, 4.69) is 20.9 Å². The maximum atomic E-state index is 13.4. The predicted molar refractivity (Wildman–Crippen MR) is 61.5 cm³/mol. The highest BCUT2D eigenvalue weighted by molar-refractivity contribution is 9.10. The van der Waals surface area contributed by atoms with Gasteiger partial charge in [0, 0.05) is 16.7 Å². The van der Waals surface area contributed by atoms with E-state index in [0.717, 1.165) is 12.3 Å². The van der Waals surface area contributed by atoms with Crippen LogP contribution in [-0.4, -0.2) is 4.98 Å². The minimum atomic E-state index is -1.66. The number of hydrogen-bond donors (Lipinski definition) is 1. The van der Waals surface area contributed by atoms with Crippen LogP contribution in [0, 0.1) is 29.1 Å². The third-order valence-corrected chi connectivity index (χ3v) is 2.60. The van der Waals surface area contributed by atoms with Crippen molar-refractivity contribution in [2.24, 2.45) is 0 Å². The molecule has 1 N–H and O–H groups in total. The molecular weight excluding hydrogens is 335 g/mol. The molecule has 2 rings (SSSR count). The van der Waals surface area contributed by atoms with Crippen molar-refractivity contribution in [2.75, 3.05) is 5.32 Å². The summed E-state index contributed by atoms with van der Waals surface area (Å²) in [4.78, 5) is 3.50. The molecule has 0 saturated carbocycles. The van der Waals surface area contributed by atoms with E-state index in [1.807, 2.05) is 5.32 Å². The van der Waals surface area contributed by atoms with Gasteiger partial charge in [-0.2, -0.15) is 0 Å². The molecular formula is C11H4BrF5N2. The van der Waals surface area contributed by atoms with Gasteiger partial charge in [-0.1, -0.05) is 0 Å². The summed E-state index contributed by atoms with van der Waals surface area (Å²) in [7, 11) is 0. The average Bonchev–Trinajstić information content (AvgIpc) is 2.34. The molecule has 1 heterocycles. The molecule has 0 saturated heterocycles. The van der Waals surface area contributed by atoms with Gasteiger partial charge in [0.05, 0.1) is 0 Å². The van der Waals surface area contributed by atoms with Crippen molar-refractivity contribution < 1.29 is 22.0 Å². The van der Waals surface area contributed by atoms with Crippen LogP contribution in [0.15, 0.2) is 22.8 Å². The fourth-order valence-corrected chi connectivity index (χ4v) is 1.61. The van der Waals surface area contributed by atoms with Crippen LogP contribution in [0.4, 0.5) is 33.5 Å². The van der Waals surface area contributed by atoms with Gasteiger partial charge in [-0.15, -0.1) is 0 Å². The fraction of sp³-hybridized carbons (Fsp3) is 0. The van der Waals surface area contributed by atoms with Crippen LogP contribution in [0.2, 0.25) is 0 Å². The van der Waals surface area contributed by atoms with Gasteiger partial charge in [-0.3, -0.25) is 0 Å². The van der Waals surface area contributed by atoms with Crippen LogP contribution in [0.25, 0.3) is 0 Å². The van der Waals surface area contributed by atoms with Crippen molar-refractivity contribution >= 4 is 27.4 Å². The van der Waals surface area contributed by atoms with E-state index in [1.54, 1.807) is 0 Å². The van der Waals surface area contributed by atoms with E-state index in [4.69, 9.17) is 0 Å². The molecule has 100 valence electrons. The molecule has 0 unspecified atom stereocenters. The summed E-state index contributed by atoms with van der Waals surface area (Å²) in [5, 5.41) is 1.88. The Morgan fingerprint density at radius 1 is 0.895 bits per heavy atom. The lowest BCUT2D eigenvalue weighted by Gasteiger charge is -2.10. The molecule has 0 amide bonds. The first-order chi connectivity index (χ1) is 8.90. The summed E-state index contributed by atoms with van der Waals surface area (Å²) in [6, 6.07) is 1.03. The van der Waals surface area contributed by atoms with Gasteiger partial charge < -0.3 is 5.32 Å². The zero-order chi connectivity index (χ0) is 14.2. The largest absolute Gasteiger partial charge is 0.333 e. The Bertz CT molecular complexity index is 621. The maximum Gasteiger partial charge on any atom is 0.185 e. The van der Waals surface area contributed by atoms with E-state index in [9.17, 15) is 22.0 Å². The van der Waals surface area contributed by atoms with E-state index in [1.165, 1.54) is 0 Å². The third kappa shape index (κ3) is 2.67. The Labute approximate surface area is 112 Å². The quantitative estimate of drug-likeness (QED) is 0.653. The minimum absolute atomic E-state index is 0.0568. The smallest absolute Gasteiger partial charge is 0.185 e. The highest BCUT2D eigenvalue weighted by Gasteiger charge is 2.20. The molecule has 1 aromatic carbocycles. The number of nitrogens with zero attached hydrogens (tertiary/aromatic N) is 1. The molecule has 0 aliphatic rings. The van der Waals surface area contributed by atoms with Crippen molar-refractivity contribution in [3.63, 3.8) is 0 Å². The number of nitrogens with one attached hydrogen (secondary N) is 1. The minimum Gasteiger partial charge on any atom is -0.333 e. The van der Waals surface area contributed by atoms with E-state index >= 15 is 0 Å². The lowest BCUT2D eigenvalue weighted by atomic mass is 10.2. The Morgan fingerprint density at radius 2 is 1.47 bits per heavy atom. The summed E-state index contributed by atoms with van der Waals surface area (Å²) in [6.45, 7) is 0. The second-order valence-corrected chi connectivity index (χ2v) is 4.37. The van der Waals surface area contributed by atoms with Gasteiger partial charge in [0.1, 0.15) is 5.69 Å². The number of benzene rings is 1. The van der Waals surface area contributed by atoms with Crippen LogP contribution in [0.1, 0.15) is 0 Å². The topological polar surface area (TPSA) is 24.9 Å². The van der Waals surface area contributed by atoms with Crippen molar-refractivity contribution in [3.05, 3.63) is 51.9 Å². The molecule has 2 aromatic rings. The molecule has 0 aliphatic carbocycles. The zero-order valence-corrected chi connectivity index (χ0v) is 10.5. The van der Waals surface area contributed by atoms with Crippen LogP contribution in [-0.2, 0) is 0 Å². The van der Waals surface area contributed by atoms with Crippen LogP contribution >= 0.6 is 15.9 Å². The molecule has 0 atom stereocenters. The summed E-state index contributed by atoms with van der Waals surface area (Å²) in [5.41, 5.74) is -1.15. The van der Waals surface area contributed by atoms with Crippen molar-refractivity contribution in [1.29, 1.82) is 0 Å². The van der Waals surface area contributed by atoms with Gasteiger partial charge in [-0.05, 0) is 22.0 Å². The Hall–Kier alpha value is -1.70. The molecule has 0 radical (unpaired) electrons. The van der Waals surface area contributed by atoms with Crippen molar-refractivity contribution in [2.45, 2.75) is 0 Å². The van der Waals surface area contributed by atoms with Crippen LogP contribution in [0.5, 0.6) is 0 Å². The highest BCUT2D eigenvalue weighted by atomic mass is 79.9. The Kier molecular flexibility index (Phi) is 3.70. The van der Waals surface area contributed by atoms with Crippen molar-refractivity contribution in [3.8, 4) is 0 Å². The molecule has 19 heavy (non-hydrogen) atoms. The van der Waals surface area contributed by atoms with Crippen LogP contribution < -0.4 is 5.32 Å². The fourth-order valence-electron chi connectivity index (χ4n) is 1.31. The number of aromatic nitrogens is 1. The van der Waals surface area contributed by atoms with Gasteiger partial charge in [0.25, 0.3) is 0 Å². The molecule has 1 aromatic heterocycles. The molecule has 0 fully saturated rings. The summed E-state index contributed by atoms with van der Waals surface area (Å²) in [6.07, 6.45) is 1.15. The average molecular weight is 339 g/mol. The van der Waals surface area contributed by atoms with Gasteiger partial charge in [-0.25, -0.2) is 26.9 Å². The first-order valence-electron chi connectivity index (χ1n) is 4.81.